The van der Waals surface area contributed by atoms with Gasteiger partial charge in [-0.25, -0.2) is 4.79 Å². The van der Waals surface area contributed by atoms with Crippen LogP contribution in [0.4, 0.5) is 0 Å². The number of rotatable bonds is 7. The molecule has 1 aliphatic heterocycles. The Kier molecular flexibility index (Phi) is 6.15. The second-order valence-electron chi connectivity index (χ2n) is 8.02. The summed E-state index contributed by atoms with van der Waals surface area (Å²) in [5.74, 6) is -1.35. The lowest BCUT2D eigenvalue weighted by Crippen LogP contribution is -2.44. The second-order valence-corrected chi connectivity index (χ2v) is 8.02. The molecule has 7 heteroatoms. The molecule has 1 aromatic rings. The molecule has 1 saturated carbocycles. The molecule has 1 aliphatic carbocycles. The first-order chi connectivity index (χ1) is 13.4. The number of nitrogens with two attached hydrogens (primary N) is 1. The van der Waals surface area contributed by atoms with Gasteiger partial charge in [0.05, 0.1) is 49.5 Å². The van der Waals surface area contributed by atoms with E-state index in [0.717, 1.165) is 11.3 Å². The fourth-order valence-corrected chi connectivity index (χ4v) is 4.12. The maximum atomic E-state index is 13.1. The van der Waals surface area contributed by atoms with Gasteiger partial charge in [-0.05, 0) is 30.4 Å². The van der Waals surface area contributed by atoms with Gasteiger partial charge in [0, 0.05) is 24.6 Å². The van der Waals surface area contributed by atoms with Gasteiger partial charge < -0.3 is 19.6 Å². The van der Waals surface area contributed by atoms with E-state index in [9.17, 15) is 9.59 Å². The van der Waals surface area contributed by atoms with Gasteiger partial charge in [0.25, 0.3) is 0 Å². The summed E-state index contributed by atoms with van der Waals surface area (Å²) >= 11 is 0. The molecule has 2 aliphatic rings. The van der Waals surface area contributed by atoms with Gasteiger partial charge in [0.2, 0.25) is 0 Å². The monoisotopic (exact) mass is 388 g/mol. The SMILES string of the molecule is CCOC(=O)C1=C(COCCN)N=C2CC(C)(C)CC(=O)C2C1c1ccoc1. The first-order valence-corrected chi connectivity index (χ1v) is 9.68. The summed E-state index contributed by atoms with van der Waals surface area (Å²) in [6.07, 6.45) is 4.26. The van der Waals surface area contributed by atoms with Crippen LogP contribution >= 0.6 is 0 Å². The average molecular weight is 388 g/mol. The molecular formula is C21H28N2O5. The van der Waals surface area contributed by atoms with Gasteiger partial charge in [-0.2, -0.15) is 0 Å². The Hall–Kier alpha value is -2.25. The van der Waals surface area contributed by atoms with Gasteiger partial charge in [-0.1, -0.05) is 13.8 Å². The highest BCUT2D eigenvalue weighted by molar-refractivity contribution is 6.12. The van der Waals surface area contributed by atoms with E-state index in [1.165, 1.54) is 0 Å². The topological polar surface area (TPSA) is 104 Å². The standard InChI is InChI=1S/C21H28N2O5/c1-4-28-20(25)19-15(12-27-8-6-22)23-14-9-21(2,3)10-16(24)18(14)17(19)13-5-7-26-11-13/h5,7,11,17-18H,4,6,8-10,12,22H2,1-3H3. The van der Waals surface area contributed by atoms with Crippen molar-refractivity contribution in [1.29, 1.82) is 0 Å². The Labute approximate surface area is 165 Å². The highest BCUT2D eigenvalue weighted by atomic mass is 16.5. The maximum absolute atomic E-state index is 13.1. The van der Waals surface area contributed by atoms with Crippen molar-refractivity contribution in [1.82, 2.24) is 0 Å². The third-order valence-corrected chi connectivity index (χ3v) is 5.15. The number of furan rings is 1. The fraction of sp³-hybridized carbons (Fsp3) is 0.571. The van der Waals surface area contributed by atoms with Crippen LogP contribution in [0.2, 0.25) is 0 Å². The number of hydrogen-bond donors (Lipinski definition) is 1. The van der Waals surface area contributed by atoms with E-state index in [2.05, 4.69) is 13.8 Å². The quantitative estimate of drug-likeness (QED) is 0.569. The summed E-state index contributed by atoms with van der Waals surface area (Å²) in [6.45, 7) is 6.98. The summed E-state index contributed by atoms with van der Waals surface area (Å²) in [4.78, 5) is 30.7. The third-order valence-electron chi connectivity index (χ3n) is 5.15. The maximum Gasteiger partial charge on any atom is 0.336 e. The molecule has 152 valence electrons. The second kappa shape index (κ2) is 8.41. The number of ether oxygens (including phenoxy) is 2. The number of ketones is 1. The Balaban J connectivity index is 2.13. The summed E-state index contributed by atoms with van der Waals surface area (Å²) in [7, 11) is 0. The fourth-order valence-electron chi connectivity index (χ4n) is 4.12. The van der Waals surface area contributed by atoms with Crippen molar-refractivity contribution >= 4 is 17.5 Å². The Morgan fingerprint density at radius 3 is 2.79 bits per heavy atom. The van der Waals surface area contributed by atoms with Gasteiger partial charge in [-0.3, -0.25) is 9.79 Å². The Morgan fingerprint density at radius 1 is 1.36 bits per heavy atom. The number of hydrogen-bond acceptors (Lipinski definition) is 7. The van der Waals surface area contributed by atoms with Crippen LogP contribution in [0.5, 0.6) is 0 Å². The van der Waals surface area contributed by atoms with E-state index in [4.69, 9.17) is 24.6 Å². The zero-order valence-corrected chi connectivity index (χ0v) is 16.7. The molecule has 2 unspecified atom stereocenters. The lowest BCUT2D eigenvalue weighted by Gasteiger charge is -2.40. The molecule has 7 nitrogen and oxygen atoms in total. The van der Waals surface area contributed by atoms with Crippen molar-refractivity contribution in [3.8, 4) is 0 Å². The minimum absolute atomic E-state index is 0.0879. The van der Waals surface area contributed by atoms with Crippen LogP contribution in [-0.4, -0.2) is 43.8 Å². The van der Waals surface area contributed by atoms with E-state index in [-0.39, 0.29) is 24.4 Å². The number of carbonyl (C=O) groups is 2. The van der Waals surface area contributed by atoms with E-state index in [1.54, 1.807) is 25.5 Å². The van der Waals surface area contributed by atoms with Gasteiger partial charge in [-0.15, -0.1) is 0 Å². The van der Waals surface area contributed by atoms with Crippen molar-refractivity contribution in [2.45, 2.75) is 39.5 Å². The summed E-state index contributed by atoms with van der Waals surface area (Å²) in [5, 5.41) is 0. The van der Waals surface area contributed by atoms with Crippen LogP contribution < -0.4 is 5.73 Å². The van der Waals surface area contributed by atoms with Crippen LogP contribution in [0.15, 0.2) is 39.3 Å². The minimum atomic E-state index is -0.483. The normalized spacial score (nSPS) is 24.0. The molecule has 1 fully saturated rings. The molecule has 1 aromatic heterocycles. The van der Waals surface area contributed by atoms with Crippen molar-refractivity contribution < 1.29 is 23.5 Å². The molecular weight excluding hydrogens is 360 g/mol. The third kappa shape index (κ3) is 4.10. The van der Waals surface area contributed by atoms with Gasteiger partial charge in [0.15, 0.2) is 0 Å². The molecule has 2 atom stereocenters. The highest BCUT2D eigenvalue weighted by Crippen LogP contribution is 2.47. The smallest absolute Gasteiger partial charge is 0.336 e. The largest absolute Gasteiger partial charge is 0.472 e. The van der Waals surface area contributed by atoms with E-state index >= 15 is 0 Å². The summed E-state index contributed by atoms with van der Waals surface area (Å²) in [6, 6.07) is 1.79. The number of aliphatic imine (C=N–C) groups is 1. The minimum Gasteiger partial charge on any atom is -0.472 e. The Morgan fingerprint density at radius 2 is 2.14 bits per heavy atom. The van der Waals surface area contributed by atoms with E-state index in [0.29, 0.717) is 37.3 Å². The molecule has 0 radical (unpaired) electrons. The first kappa shape index (κ1) is 20.5. The molecule has 0 aromatic carbocycles. The molecule has 0 amide bonds. The molecule has 0 saturated heterocycles. The predicted molar refractivity (Wildman–Crippen MR) is 104 cm³/mol. The number of carbonyl (C=O) groups excluding carboxylic acids is 2. The van der Waals surface area contributed by atoms with Crippen molar-refractivity contribution in [3.63, 3.8) is 0 Å². The molecule has 3 rings (SSSR count). The lowest BCUT2D eigenvalue weighted by atomic mass is 9.63. The van der Waals surface area contributed by atoms with Crippen molar-refractivity contribution in [2.75, 3.05) is 26.4 Å². The lowest BCUT2D eigenvalue weighted by molar-refractivity contribution is -0.139. The number of nitrogens with zero attached hydrogens (tertiary/aromatic N) is 1. The van der Waals surface area contributed by atoms with Crippen LogP contribution in [0.1, 0.15) is 45.1 Å². The number of esters is 1. The van der Waals surface area contributed by atoms with Crippen LogP contribution in [0.3, 0.4) is 0 Å². The molecule has 0 spiro atoms. The average Bonchev–Trinajstić information content (AvgIpc) is 3.14. The van der Waals surface area contributed by atoms with Gasteiger partial charge >= 0.3 is 5.97 Å². The molecule has 28 heavy (non-hydrogen) atoms. The molecule has 2 N–H and O–H groups in total. The molecule has 2 heterocycles. The van der Waals surface area contributed by atoms with E-state index in [1.807, 2.05) is 0 Å². The van der Waals surface area contributed by atoms with Crippen LogP contribution in [0.25, 0.3) is 0 Å². The summed E-state index contributed by atoms with van der Waals surface area (Å²) in [5.41, 5.74) is 7.81. The zero-order chi connectivity index (χ0) is 20.3. The van der Waals surface area contributed by atoms with E-state index < -0.39 is 17.8 Å². The Bertz CT molecular complexity index is 792. The van der Waals surface area contributed by atoms with Crippen molar-refractivity contribution in [3.05, 3.63) is 35.4 Å². The zero-order valence-electron chi connectivity index (χ0n) is 16.7. The molecule has 0 bridgehead atoms. The summed E-state index contributed by atoms with van der Waals surface area (Å²) < 4.78 is 16.2. The number of fused-ring (bicyclic) bond motifs is 1. The van der Waals surface area contributed by atoms with Gasteiger partial charge in [0.1, 0.15) is 5.78 Å². The first-order valence-electron chi connectivity index (χ1n) is 9.68. The van der Waals surface area contributed by atoms with Crippen LogP contribution in [-0.2, 0) is 19.1 Å². The van der Waals surface area contributed by atoms with Crippen molar-refractivity contribution in [2.24, 2.45) is 22.1 Å². The predicted octanol–water partition coefficient (Wildman–Crippen LogP) is 2.62. The highest BCUT2D eigenvalue weighted by Gasteiger charge is 2.48. The van der Waals surface area contributed by atoms with Crippen LogP contribution in [0, 0.1) is 11.3 Å². The number of Topliss-reactive ketones (excluding diaryl/α,β-unsaturated/α-hetero) is 1.